The molecule has 0 aliphatic rings. The Morgan fingerprint density at radius 2 is 0.938 bits per heavy atom. The number of rotatable bonds is 9. The van der Waals surface area contributed by atoms with Crippen LogP contribution in [0.4, 0.5) is 34.1 Å². The summed E-state index contributed by atoms with van der Waals surface area (Å²) in [5, 5.41) is 78.6. The molecule has 0 bridgehead atoms. The summed E-state index contributed by atoms with van der Waals surface area (Å²) in [6.07, 6.45) is 0. The normalized spacial score (nSPS) is 12.1. The number of benzene rings is 7. The topological polar surface area (TPSA) is 380 Å². The van der Waals surface area contributed by atoms with Crippen molar-refractivity contribution in [3.05, 3.63) is 122 Å². The van der Waals surface area contributed by atoms with Gasteiger partial charge < -0.3 is 20.4 Å². The smallest absolute Gasteiger partial charge is 0.296 e. The zero-order valence-corrected chi connectivity index (χ0v) is 36.4. The summed E-state index contributed by atoms with van der Waals surface area (Å²) in [6, 6.07) is 18.1. The quantitative estimate of drug-likeness (QED) is 0.0308. The average molecular weight is 989 g/mol. The molecular weight excluding hydrogens is 961 g/mol. The number of phenolic OH excluding ortho intramolecular Hbond substituents is 4. The van der Waals surface area contributed by atoms with E-state index in [-0.39, 0.29) is 55.7 Å². The third-order valence-corrected chi connectivity index (χ3v) is 11.8. The molecule has 65 heavy (non-hydrogen) atoms. The Hall–Kier alpha value is -7.22. The van der Waals surface area contributed by atoms with Crippen LogP contribution in [0.2, 0.25) is 0 Å². The summed E-state index contributed by atoms with van der Waals surface area (Å²) < 4.78 is 99.9. The molecule has 7 aromatic rings. The van der Waals surface area contributed by atoms with Crippen LogP contribution in [0.25, 0.3) is 32.3 Å². The minimum Gasteiger partial charge on any atom is -0.506 e. The molecule has 0 aliphatic heterocycles. The van der Waals surface area contributed by atoms with E-state index in [1.807, 2.05) is 0 Å². The maximum atomic E-state index is 12.0. The first-order valence-electron chi connectivity index (χ1n) is 17.5. The van der Waals surface area contributed by atoms with Gasteiger partial charge in [-0.1, -0.05) is 41.5 Å². The predicted octanol–water partition coefficient (Wildman–Crippen LogP) is 8.66. The Morgan fingerprint density at radius 1 is 0.462 bits per heavy atom. The molecule has 7 N–H and O–H groups in total. The molecule has 0 fully saturated rings. The van der Waals surface area contributed by atoms with Gasteiger partial charge >= 0.3 is 0 Å². The van der Waals surface area contributed by atoms with Gasteiger partial charge in [0.05, 0.1) is 9.85 Å². The van der Waals surface area contributed by atoms with Crippen molar-refractivity contribution in [3.63, 3.8) is 0 Å². The fraction of sp³-hybridized carbons (Fsp3) is 0.0526. The Kier molecular flexibility index (Phi) is 13.6. The number of fused-ring (bicyclic) bond motifs is 3. The monoisotopic (exact) mass is 988 g/mol. The number of aryl methyl sites for hydroxylation is 2. The molecule has 7 rings (SSSR count). The van der Waals surface area contributed by atoms with Crippen LogP contribution in [-0.2, 0) is 47.7 Å². The van der Waals surface area contributed by atoms with Gasteiger partial charge in [0.25, 0.3) is 41.7 Å². The summed E-state index contributed by atoms with van der Waals surface area (Å²) in [4.78, 5) is 18.2. The molecule has 336 valence electrons. The zero-order chi connectivity index (χ0) is 47.2. The molecule has 0 atom stereocenters. The maximum Gasteiger partial charge on any atom is 0.296 e. The van der Waals surface area contributed by atoms with Gasteiger partial charge in [-0.05, 0) is 55.0 Å². The van der Waals surface area contributed by atoms with E-state index in [0.29, 0.717) is 11.5 Å². The van der Waals surface area contributed by atoms with Gasteiger partial charge in [0.1, 0.15) is 48.9 Å². The number of hydrogen-bond donors (Lipinski definition) is 7. The van der Waals surface area contributed by atoms with Gasteiger partial charge in [-0.25, -0.2) is 0 Å². The SMILES string of the molecule is Cc1ccc2c(O)c(N=Nc3c(O)cc(S(=O)(=O)O)c4cc([N+](=O)[O-])ccc34)c(S(=O)(=O)O)cc2c1.Cc1ccc2cc(S(=O)(=O)O)c(N=Nc3cc([N+](=O)[O-])ccc3O)c(O)c2c1.[Cr]. The molecule has 23 nitrogen and oxygen atoms in total. The van der Waals surface area contributed by atoms with E-state index in [1.54, 1.807) is 44.2 Å². The van der Waals surface area contributed by atoms with Gasteiger partial charge in [-0.15, -0.1) is 20.5 Å². The number of aromatic hydroxyl groups is 4. The van der Waals surface area contributed by atoms with Gasteiger partial charge in [-0.2, -0.15) is 25.3 Å². The number of hydrogen-bond acceptors (Lipinski definition) is 18. The van der Waals surface area contributed by atoms with Gasteiger partial charge in [0, 0.05) is 69.2 Å². The van der Waals surface area contributed by atoms with E-state index in [2.05, 4.69) is 20.5 Å². The molecule has 0 amide bonds. The first-order chi connectivity index (χ1) is 29.8. The second kappa shape index (κ2) is 18.1. The van der Waals surface area contributed by atoms with E-state index >= 15 is 0 Å². The third kappa shape index (κ3) is 10.3. The Balaban J connectivity index is 0.000000248. The van der Waals surface area contributed by atoms with Crippen LogP contribution >= 0.6 is 0 Å². The standard InChI is InChI=1S/C21H15N3O10S2.C17H13N3O7S.Cr/c1-10-2-4-13-11(6-10)7-18(36(32,33)34)20(21(13)26)23-22-19-14-5-3-12(24(27)28)8-15(14)17(9-16(19)25)35(29,30)31;1-9-2-3-10-7-15(28(25,26)27)16(17(22)12(10)6-9)19-18-13-8-11(20(23)24)4-5-14(13)21;/h2-9,25-26H,1H3,(H,29,30,31)(H,32,33,34);2-8,21-22H,1H3,(H,25,26,27);. The van der Waals surface area contributed by atoms with Crippen LogP contribution in [0.1, 0.15) is 11.1 Å². The summed E-state index contributed by atoms with van der Waals surface area (Å²) in [7, 11) is -14.6. The molecule has 0 aliphatic carbocycles. The maximum absolute atomic E-state index is 12.0. The first kappa shape index (κ1) is 48.8. The number of nitrogens with zero attached hydrogens (tertiary/aromatic N) is 6. The van der Waals surface area contributed by atoms with Crippen LogP contribution in [0.3, 0.4) is 0 Å². The average Bonchev–Trinajstić information content (AvgIpc) is 3.19. The second-order valence-corrected chi connectivity index (χ2v) is 17.7. The summed E-state index contributed by atoms with van der Waals surface area (Å²) in [6.45, 7) is 3.49. The number of non-ortho nitro benzene ring substituents is 2. The van der Waals surface area contributed by atoms with Gasteiger partial charge in [0.2, 0.25) is 0 Å². The van der Waals surface area contributed by atoms with E-state index in [1.165, 1.54) is 6.07 Å². The predicted molar refractivity (Wildman–Crippen MR) is 226 cm³/mol. The third-order valence-electron chi connectivity index (χ3n) is 9.17. The number of nitro groups is 2. The molecule has 0 saturated carbocycles. The molecule has 0 spiro atoms. The Morgan fingerprint density at radius 3 is 1.52 bits per heavy atom. The van der Waals surface area contributed by atoms with Crippen molar-refractivity contribution in [2.45, 2.75) is 28.5 Å². The van der Waals surface area contributed by atoms with Crippen molar-refractivity contribution < 1.29 is 86.5 Å². The van der Waals surface area contributed by atoms with Crippen LogP contribution in [0.15, 0.2) is 126 Å². The minimum absolute atomic E-state index is 0. The van der Waals surface area contributed by atoms with E-state index in [9.17, 15) is 79.6 Å². The summed E-state index contributed by atoms with van der Waals surface area (Å²) >= 11 is 0. The van der Waals surface area contributed by atoms with Crippen molar-refractivity contribution in [2.24, 2.45) is 20.5 Å². The zero-order valence-electron chi connectivity index (χ0n) is 32.7. The summed E-state index contributed by atoms with van der Waals surface area (Å²) in [5.41, 5.74) is -1.41. The van der Waals surface area contributed by atoms with E-state index in [4.69, 9.17) is 0 Å². The minimum atomic E-state index is -4.95. The van der Waals surface area contributed by atoms with Gasteiger partial charge in [-0.3, -0.25) is 33.9 Å². The fourth-order valence-corrected chi connectivity index (χ4v) is 8.23. The van der Waals surface area contributed by atoms with E-state index < -0.39 is 101 Å². The molecule has 0 aromatic heterocycles. The first-order valence-corrected chi connectivity index (χ1v) is 21.8. The van der Waals surface area contributed by atoms with Crippen LogP contribution in [0.5, 0.6) is 23.0 Å². The second-order valence-electron chi connectivity index (χ2n) is 13.6. The van der Waals surface area contributed by atoms with Crippen molar-refractivity contribution in [3.8, 4) is 23.0 Å². The molecule has 0 saturated heterocycles. The molecule has 0 radical (unpaired) electrons. The van der Waals surface area contributed by atoms with Crippen LogP contribution < -0.4 is 0 Å². The number of nitro benzene ring substituents is 2. The largest absolute Gasteiger partial charge is 0.506 e. The molecule has 0 unspecified atom stereocenters. The summed E-state index contributed by atoms with van der Waals surface area (Å²) in [5.74, 6) is -2.49. The van der Waals surface area contributed by atoms with Crippen molar-refractivity contribution in [2.75, 3.05) is 0 Å². The van der Waals surface area contributed by atoms with Gasteiger partial charge in [0.15, 0.2) is 11.5 Å². The molecule has 7 aromatic carbocycles. The Labute approximate surface area is 376 Å². The molecular formula is C38H28CrN6O17S3. The van der Waals surface area contributed by atoms with Crippen molar-refractivity contribution in [1.82, 2.24) is 0 Å². The Bertz CT molecular complexity index is 3570. The van der Waals surface area contributed by atoms with Crippen molar-refractivity contribution >= 4 is 96.8 Å². The van der Waals surface area contributed by atoms with Crippen LogP contribution in [-0.4, -0.2) is 69.2 Å². The van der Waals surface area contributed by atoms with Crippen LogP contribution in [0, 0.1) is 34.1 Å². The van der Waals surface area contributed by atoms with E-state index in [0.717, 1.165) is 59.7 Å². The van der Waals surface area contributed by atoms with Crippen molar-refractivity contribution in [1.29, 1.82) is 0 Å². The number of azo groups is 2. The molecule has 0 heterocycles. The fourth-order valence-electron chi connectivity index (χ4n) is 6.20. The number of phenols is 4. The molecule has 27 heteroatoms.